The molecule has 23 heavy (non-hydrogen) atoms. The van der Waals surface area contributed by atoms with E-state index < -0.39 is 0 Å². The van der Waals surface area contributed by atoms with Crippen molar-refractivity contribution in [3.63, 3.8) is 0 Å². The van der Waals surface area contributed by atoms with E-state index in [4.69, 9.17) is 5.73 Å². The van der Waals surface area contributed by atoms with Crippen LogP contribution in [-0.2, 0) is 0 Å². The normalized spacial score (nSPS) is 17.5. The summed E-state index contributed by atoms with van der Waals surface area (Å²) in [6.07, 6.45) is 1.06. The van der Waals surface area contributed by atoms with Crippen LogP contribution in [0.4, 0.5) is 5.69 Å². The van der Waals surface area contributed by atoms with Gasteiger partial charge in [-0.3, -0.25) is 9.89 Å². The molecule has 130 valence electrons. The number of aliphatic imine (C=N–C) groups is 1. The second kappa shape index (κ2) is 10.7. The molecule has 0 spiro atoms. The minimum atomic E-state index is 0. The maximum Gasteiger partial charge on any atom is 0.188 e. The zero-order chi connectivity index (χ0) is 15.8. The molecule has 1 heterocycles. The predicted octanol–water partition coefficient (Wildman–Crippen LogP) is 2.13. The number of nitrogens with one attached hydrogen (secondary N) is 1. The van der Waals surface area contributed by atoms with Crippen molar-refractivity contribution >= 4 is 35.6 Å². The van der Waals surface area contributed by atoms with Gasteiger partial charge in [0.05, 0.1) is 6.54 Å². The van der Waals surface area contributed by atoms with Crippen LogP contribution in [0.15, 0.2) is 35.3 Å². The first-order chi connectivity index (χ1) is 10.7. The summed E-state index contributed by atoms with van der Waals surface area (Å²) in [5, 5.41) is 3.12. The number of nitrogens with zero attached hydrogens (tertiary/aromatic N) is 3. The summed E-state index contributed by atoms with van der Waals surface area (Å²) in [5.41, 5.74) is 7.17. The summed E-state index contributed by atoms with van der Waals surface area (Å²) in [6.45, 7) is 10.3. The summed E-state index contributed by atoms with van der Waals surface area (Å²) in [5.74, 6) is 0.566. The first-order valence-electron chi connectivity index (χ1n) is 8.28. The van der Waals surface area contributed by atoms with Gasteiger partial charge in [-0.25, -0.2) is 0 Å². The van der Waals surface area contributed by atoms with Crippen LogP contribution in [0.3, 0.4) is 0 Å². The highest BCUT2D eigenvalue weighted by Crippen LogP contribution is 2.16. The van der Waals surface area contributed by atoms with Gasteiger partial charge >= 0.3 is 0 Å². The van der Waals surface area contributed by atoms with Gasteiger partial charge in [-0.15, -0.1) is 24.0 Å². The molecule has 1 aliphatic rings. The molecule has 1 aromatic carbocycles. The lowest BCUT2D eigenvalue weighted by molar-refractivity contribution is 0.201. The van der Waals surface area contributed by atoms with E-state index in [0.717, 1.165) is 45.7 Å². The highest BCUT2D eigenvalue weighted by Gasteiger charge is 2.20. The highest BCUT2D eigenvalue weighted by molar-refractivity contribution is 14.0. The number of nitrogens with two attached hydrogens (primary N) is 1. The number of hydrogen-bond acceptors (Lipinski definition) is 3. The Morgan fingerprint density at radius 3 is 2.48 bits per heavy atom. The molecule has 0 saturated carbocycles. The molecule has 1 atom stereocenters. The number of halogens is 1. The van der Waals surface area contributed by atoms with Crippen molar-refractivity contribution in [2.75, 3.05) is 44.2 Å². The molecule has 0 amide bonds. The second-order valence-corrected chi connectivity index (χ2v) is 5.86. The fourth-order valence-corrected chi connectivity index (χ4v) is 2.71. The summed E-state index contributed by atoms with van der Waals surface area (Å²) < 4.78 is 0. The Bertz CT molecular complexity index is 457. The van der Waals surface area contributed by atoms with Crippen molar-refractivity contribution in [1.29, 1.82) is 0 Å². The van der Waals surface area contributed by atoms with Gasteiger partial charge in [0.25, 0.3) is 0 Å². The summed E-state index contributed by atoms with van der Waals surface area (Å²) in [6, 6.07) is 11.1. The van der Waals surface area contributed by atoms with E-state index in [1.807, 2.05) is 0 Å². The molecule has 1 unspecified atom stereocenters. The van der Waals surface area contributed by atoms with E-state index >= 15 is 0 Å². The molecule has 0 aromatic heterocycles. The van der Waals surface area contributed by atoms with E-state index in [2.05, 4.69) is 64.3 Å². The molecule has 1 aliphatic heterocycles. The SMILES string of the molecule is CCCNC(N)=NCC(C)N1CCN(c2ccccc2)CC1.I. The molecule has 0 radical (unpaired) electrons. The number of benzene rings is 1. The van der Waals surface area contributed by atoms with Crippen LogP contribution in [0.1, 0.15) is 20.3 Å². The Hall–Kier alpha value is -1.02. The van der Waals surface area contributed by atoms with Gasteiger partial charge in [-0.1, -0.05) is 25.1 Å². The van der Waals surface area contributed by atoms with Gasteiger partial charge in [0.1, 0.15) is 0 Å². The lowest BCUT2D eigenvalue weighted by Crippen LogP contribution is -2.50. The standard InChI is InChI=1S/C17H29N5.HI/c1-3-9-19-17(18)20-14-15(2)21-10-12-22(13-11-21)16-7-5-4-6-8-16;/h4-8,15H,3,9-14H2,1-2H3,(H3,18,19,20);1H. The number of rotatable bonds is 6. The third-order valence-corrected chi connectivity index (χ3v) is 4.14. The second-order valence-electron chi connectivity index (χ2n) is 5.86. The molecule has 1 aromatic rings. The van der Waals surface area contributed by atoms with E-state index in [1.54, 1.807) is 0 Å². The Morgan fingerprint density at radius 2 is 1.87 bits per heavy atom. The van der Waals surface area contributed by atoms with Crippen LogP contribution in [0.2, 0.25) is 0 Å². The van der Waals surface area contributed by atoms with Crippen molar-refractivity contribution in [3.05, 3.63) is 30.3 Å². The number of piperazine rings is 1. The topological polar surface area (TPSA) is 56.9 Å². The Kier molecular flexibility index (Phi) is 9.31. The fourth-order valence-electron chi connectivity index (χ4n) is 2.71. The highest BCUT2D eigenvalue weighted by atomic mass is 127. The first kappa shape index (κ1) is 20.0. The molecule has 1 saturated heterocycles. The largest absolute Gasteiger partial charge is 0.370 e. The fraction of sp³-hybridized carbons (Fsp3) is 0.588. The van der Waals surface area contributed by atoms with E-state index in [-0.39, 0.29) is 24.0 Å². The van der Waals surface area contributed by atoms with Gasteiger partial charge in [0, 0.05) is 44.5 Å². The Morgan fingerprint density at radius 1 is 1.22 bits per heavy atom. The van der Waals surface area contributed by atoms with Crippen molar-refractivity contribution in [2.24, 2.45) is 10.7 Å². The summed E-state index contributed by atoms with van der Waals surface area (Å²) in [4.78, 5) is 9.39. The van der Waals surface area contributed by atoms with E-state index in [0.29, 0.717) is 12.0 Å². The summed E-state index contributed by atoms with van der Waals surface area (Å²) in [7, 11) is 0. The monoisotopic (exact) mass is 431 g/mol. The van der Waals surface area contributed by atoms with Gasteiger partial charge in [-0.2, -0.15) is 0 Å². The van der Waals surface area contributed by atoms with Gasteiger partial charge < -0.3 is 16.0 Å². The number of para-hydroxylation sites is 1. The summed E-state index contributed by atoms with van der Waals surface area (Å²) >= 11 is 0. The lowest BCUT2D eigenvalue weighted by Gasteiger charge is -2.38. The third-order valence-electron chi connectivity index (χ3n) is 4.14. The quantitative estimate of drug-likeness (QED) is 0.412. The van der Waals surface area contributed by atoms with Gasteiger partial charge in [-0.05, 0) is 25.5 Å². The van der Waals surface area contributed by atoms with Crippen LogP contribution < -0.4 is 16.0 Å². The number of guanidine groups is 1. The smallest absolute Gasteiger partial charge is 0.188 e. The molecule has 6 heteroatoms. The van der Waals surface area contributed by atoms with Crippen LogP contribution >= 0.6 is 24.0 Å². The van der Waals surface area contributed by atoms with E-state index in [9.17, 15) is 0 Å². The van der Waals surface area contributed by atoms with Crippen molar-refractivity contribution in [1.82, 2.24) is 10.2 Å². The molecule has 1 fully saturated rings. The zero-order valence-corrected chi connectivity index (χ0v) is 16.6. The van der Waals surface area contributed by atoms with Crippen molar-refractivity contribution in [2.45, 2.75) is 26.3 Å². The molecule has 0 bridgehead atoms. The van der Waals surface area contributed by atoms with Crippen LogP contribution in [-0.4, -0.2) is 56.2 Å². The molecule has 3 N–H and O–H groups in total. The van der Waals surface area contributed by atoms with Gasteiger partial charge in [0.15, 0.2) is 5.96 Å². The number of anilines is 1. The van der Waals surface area contributed by atoms with Crippen LogP contribution in [0.5, 0.6) is 0 Å². The van der Waals surface area contributed by atoms with Crippen molar-refractivity contribution in [3.8, 4) is 0 Å². The minimum absolute atomic E-state index is 0. The molecular formula is C17H30IN5. The third kappa shape index (κ3) is 6.55. The average Bonchev–Trinajstić information content (AvgIpc) is 2.58. The zero-order valence-electron chi connectivity index (χ0n) is 14.2. The van der Waals surface area contributed by atoms with Crippen LogP contribution in [0, 0.1) is 0 Å². The van der Waals surface area contributed by atoms with Gasteiger partial charge in [0.2, 0.25) is 0 Å². The maximum absolute atomic E-state index is 5.85. The lowest BCUT2D eigenvalue weighted by atomic mass is 10.2. The predicted molar refractivity (Wildman–Crippen MR) is 110 cm³/mol. The maximum atomic E-state index is 5.85. The van der Waals surface area contributed by atoms with Crippen molar-refractivity contribution < 1.29 is 0 Å². The molecule has 0 aliphatic carbocycles. The molecule has 5 nitrogen and oxygen atoms in total. The first-order valence-corrected chi connectivity index (χ1v) is 8.28. The average molecular weight is 431 g/mol. The Balaban J connectivity index is 0.00000264. The Labute approximate surface area is 157 Å². The van der Waals surface area contributed by atoms with E-state index in [1.165, 1.54) is 5.69 Å². The number of hydrogen-bond donors (Lipinski definition) is 2. The molecular weight excluding hydrogens is 401 g/mol. The van der Waals surface area contributed by atoms with Crippen LogP contribution in [0.25, 0.3) is 0 Å². The minimum Gasteiger partial charge on any atom is -0.370 e. The molecule has 2 rings (SSSR count).